The van der Waals surface area contributed by atoms with Gasteiger partial charge in [-0.1, -0.05) is 6.07 Å². The highest BCUT2D eigenvalue weighted by molar-refractivity contribution is 7.07. The molecule has 0 saturated heterocycles. The molecule has 1 amide bonds. The van der Waals surface area contributed by atoms with Gasteiger partial charge < -0.3 is 24.1 Å². The predicted octanol–water partition coefficient (Wildman–Crippen LogP) is 4.98. The third-order valence-electron chi connectivity index (χ3n) is 5.55. The van der Waals surface area contributed by atoms with E-state index in [1.807, 2.05) is 41.8 Å². The second-order valence-electron chi connectivity index (χ2n) is 7.82. The summed E-state index contributed by atoms with van der Waals surface area (Å²) in [5.74, 6) is 1.41. The van der Waals surface area contributed by atoms with Crippen molar-refractivity contribution in [1.29, 1.82) is 0 Å². The quantitative estimate of drug-likeness (QED) is 0.413. The molecule has 0 saturated carbocycles. The number of ether oxygens (including phenoxy) is 3. The van der Waals surface area contributed by atoms with Crippen molar-refractivity contribution in [3.8, 4) is 28.5 Å². The summed E-state index contributed by atoms with van der Waals surface area (Å²) in [6.45, 7) is 0.504. The van der Waals surface area contributed by atoms with Crippen LogP contribution in [0.25, 0.3) is 11.3 Å². The van der Waals surface area contributed by atoms with Crippen LogP contribution in [-0.2, 0) is 11.3 Å². The third-order valence-corrected chi connectivity index (χ3v) is 6.41. The second-order valence-corrected chi connectivity index (χ2v) is 8.65. The van der Waals surface area contributed by atoms with E-state index in [9.17, 15) is 9.18 Å². The number of methoxy groups -OCH3 is 2. The number of aromatic nitrogens is 1. The first-order valence-corrected chi connectivity index (χ1v) is 11.7. The number of anilines is 1. The molecule has 0 unspecified atom stereocenters. The molecular formula is C26H22FN3O4S. The number of hydrogen-bond acceptors (Lipinski definition) is 6. The first kappa shape index (κ1) is 22.7. The molecule has 0 fully saturated rings. The van der Waals surface area contributed by atoms with E-state index in [2.05, 4.69) is 9.88 Å². The van der Waals surface area contributed by atoms with Crippen LogP contribution in [0.1, 0.15) is 5.56 Å². The highest BCUT2D eigenvalue weighted by Gasteiger charge is 2.18. The van der Waals surface area contributed by atoms with Crippen molar-refractivity contribution in [2.75, 3.05) is 26.1 Å². The Bertz CT molecular complexity index is 1460. The molecule has 2 heterocycles. The molecule has 9 heteroatoms. The summed E-state index contributed by atoms with van der Waals surface area (Å²) in [5.41, 5.74) is 4.06. The summed E-state index contributed by atoms with van der Waals surface area (Å²) in [4.78, 5) is 17.3. The van der Waals surface area contributed by atoms with Crippen LogP contribution in [0.5, 0.6) is 17.2 Å². The van der Waals surface area contributed by atoms with Crippen molar-refractivity contribution in [2.24, 2.45) is 4.99 Å². The Balaban J connectivity index is 1.62. The molecule has 1 aliphatic rings. The Kier molecular flexibility index (Phi) is 6.24. The van der Waals surface area contributed by atoms with Gasteiger partial charge in [-0.3, -0.25) is 4.79 Å². The molecule has 35 heavy (non-hydrogen) atoms. The van der Waals surface area contributed by atoms with Crippen molar-refractivity contribution in [1.82, 2.24) is 4.57 Å². The van der Waals surface area contributed by atoms with Crippen molar-refractivity contribution in [2.45, 2.75) is 6.54 Å². The van der Waals surface area contributed by atoms with E-state index < -0.39 is 0 Å². The fourth-order valence-corrected chi connectivity index (χ4v) is 4.76. The molecule has 0 radical (unpaired) electrons. The van der Waals surface area contributed by atoms with Gasteiger partial charge in [0, 0.05) is 10.9 Å². The number of benzene rings is 3. The largest absolute Gasteiger partial charge is 0.493 e. The van der Waals surface area contributed by atoms with Crippen LogP contribution in [0, 0.1) is 5.82 Å². The van der Waals surface area contributed by atoms with Crippen LogP contribution in [0.15, 0.2) is 71.0 Å². The van der Waals surface area contributed by atoms with Crippen molar-refractivity contribution in [3.05, 3.63) is 82.2 Å². The summed E-state index contributed by atoms with van der Waals surface area (Å²) in [7, 11) is 3.20. The lowest BCUT2D eigenvalue weighted by Gasteiger charge is -2.19. The molecule has 178 valence electrons. The van der Waals surface area contributed by atoms with Gasteiger partial charge in [-0.05, 0) is 60.2 Å². The van der Waals surface area contributed by atoms with Crippen molar-refractivity contribution < 1.29 is 23.4 Å². The van der Waals surface area contributed by atoms with Crippen LogP contribution in [-0.4, -0.2) is 31.3 Å². The Morgan fingerprint density at radius 2 is 1.86 bits per heavy atom. The number of amides is 1. The summed E-state index contributed by atoms with van der Waals surface area (Å²) < 4.78 is 31.8. The van der Waals surface area contributed by atoms with Crippen LogP contribution in [0.3, 0.4) is 0 Å². The number of fused-ring (bicyclic) bond motifs is 1. The second kappa shape index (κ2) is 9.63. The molecule has 7 nitrogen and oxygen atoms in total. The van der Waals surface area contributed by atoms with Gasteiger partial charge in [0.1, 0.15) is 11.6 Å². The lowest BCUT2D eigenvalue weighted by atomic mass is 10.1. The topological polar surface area (TPSA) is 74.1 Å². The molecule has 0 aliphatic carbocycles. The lowest BCUT2D eigenvalue weighted by molar-refractivity contribution is -0.118. The smallest absolute Gasteiger partial charge is 0.262 e. The predicted molar refractivity (Wildman–Crippen MR) is 132 cm³/mol. The average molecular weight is 492 g/mol. The summed E-state index contributed by atoms with van der Waals surface area (Å²) in [6, 6.07) is 17.5. The monoisotopic (exact) mass is 491 g/mol. The Hall–Kier alpha value is -4.11. The number of rotatable bonds is 6. The molecule has 3 aromatic carbocycles. The van der Waals surface area contributed by atoms with Gasteiger partial charge in [-0.2, -0.15) is 0 Å². The van der Waals surface area contributed by atoms with Crippen LogP contribution < -0.4 is 24.3 Å². The minimum Gasteiger partial charge on any atom is -0.493 e. The van der Waals surface area contributed by atoms with E-state index in [0.29, 0.717) is 35.2 Å². The van der Waals surface area contributed by atoms with E-state index in [4.69, 9.17) is 19.2 Å². The van der Waals surface area contributed by atoms with Gasteiger partial charge in [-0.15, -0.1) is 11.3 Å². The van der Waals surface area contributed by atoms with Gasteiger partial charge in [-0.25, -0.2) is 9.38 Å². The van der Waals surface area contributed by atoms with Crippen LogP contribution >= 0.6 is 11.3 Å². The Morgan fingerprint density at radius 1 is 1.06 bits per heavy atom. The minimum atomic E-state index is -0.313. The summed E-state index contributed by atoms with van der Waals surface area (Å²) >= 11 is 1.47. The fraction of sp³-hybridized carbons (Fsp3) is 0.154. The zero-order valence-corrected chi connectivity index (χ0v) is 19.9. The Labute approximate surface area is 205 Å². The zero-order valence-electron chi connectivity index (χ0n) is 19.1. The van der Waals surface area contributed by atoms with Gasteiger partial charge in [0.2, 0.25) is 0 Å². The van der Waals surface area contributed by atoms with Crippen LogP contribution in [0.2, 0.25) is 0 Å². The highest BCUT2D eigenvalue weighted by atomic mass is 32.1. The zero-order chi connectivity index (χ0) is 24.4. The summed E-state index contributed by atoms with van der Waals surface area (Å²) in [5, 5.41) is 4.87. The van der Waals surface area contributed by atoms with E-state index in [-0.39, 0.29) is 18.3 Å². The molecular weight excluding hydrogens is 469 g/mol. The maximum atomic E-state index is 13.4. The third kappa shape index (κ3) is 4.76. The molecule has 4 aromatic rings. The number of carbonyl (C=O) groups is 1. The number of nitrogens with one attached hydrogen (secondary N) is 1. The fourth-order valence-electron chi connectivity index (χ4n) is 3.83. The number of hydrogen-bond donors (Lipinski definition) is 1. The maximum absolute atomic E-state index is 13.4. The normalized spacial score (nSPS) is 13.1. The maximum Gasteiger partial charge on any atom is 0.262 e. The van der Waals surface area contributed by atoms with Gasteiger partial charge in [0.05, 0.1) is 37.8 Å². The molecule has 0 bridgehead atoms. The van der Waals surface area contributed by atoms with E-state index in [1.165, 1.54) is 23.5 Å². The molecule has 1 aliphatic heterocycles. The first-order chi connectivity index (χ1) is 17.0. The van der Waals surface area contributed by atoms with Gasteiger partial charge >= 0.3 is 0 Å². The molecule has 1 aromatic heterocycles. The van der Waals surface area contributed by atoms with E-state index in [0.717, 1.165) is 21.6 Å². The molecule has 5 rings (SSSR count). The number of halogens is 1. The number of nitrogens with zero attached hydrogens (tertiary/aromatic N) is 2. The molecule has 0 spiro atoms. The first-order valence-electron chi connectivity index (χ1n) is 10.8. The highest BCUT2D eigenvalue weighted by Crippen LogP contribution is 2.34. The van der Waals surface area contributed by atoms with E-state index >= 15 is 0 Å². The van der Waals surface area contributed by atoms with Crippen molar-refractivity contribution in [3.63, 3.8) is 0 Å². The lowest BCUT2D eigenvalue weighted by Crippen LogP contribution is -2.25. The average Bonchev–Trinajstić information content (AvgIpc) is 3.26. The minimum absolute atomic E-state index is 0.00476. The number of carbonyl (C=O) groups excluding carboxylic acids is 1. The SMILES string of the molecule is COc1ccc(Cn2c(-c3ccc4c(c3)NC(=O)CO4)csc2=Nc2ccc(F)cc2)cc1OC. The number of thiazole rings is 1. The molecule has 0 atom stereocenters. The van der Waals surface area contributed by atoms with Crippen LogP contribution in [0.4, 0.5) is 15.8 Å². The van der Waals surface area contributed by atoms with Crippen molar-refractivity contribution >= 4 is 28.6 Å². The van der Waals surface area contributed by atoms with Gasteiger partial charge in [0.25, 0.3) is 5.91 Å². The Morgan fingerprint density at radius 3 is 2.63 bits per heavy atom. The summed E-state index contributed by atoms with van der Waals surface area (Å²) in [6.07, 6.45) is 0. The molecule has 1 N–H and O–H groups in total. The van der Waals surface area contributed by atoms with E-state index in [1.54, 1.807) is 26.4 Å². The standard InChI is InChI=1S/C26H22FN3O4S/c1-32-23-9-3-16(11-24(23)33-2)13-30-21(15-35-26(30)28-19-7-5-18(27)6-8-19)17-4-10-22-20(12-17)29-25(31)14-34-22/h3-12,15H,13-14H2,1-2H3,(H,29,31). The van der Waals surface area contributed by atoms with Gasteiger partial charge in [0.15, 0.2) is 22.9 Å².